The summed E-state index contributed by atoms with van der Waals surface area (Å²) >= 11 is 0. The van der Waals surface area contributed by atoms with Crippen molar-refractivity contribution >= 4 is 15.7 Å². The average Bonchev–Trinajstić information content (AvgIpc) is 2.10. The van der Waals surface area contributed by atoms with Crippen molar-refractivity contribution in [2.24, 2.45) is 0 Å². The fraction of sp³-hybridized carbons (Fsp3) is 0.222. The maximum Gasteiger partial charge on any atom is 0.246 e. The van der Waals surface area contributed by atoms with Gasteiger partial charge in [-0.25, -0.2) is 12.8 Å². The molecule has 15 heavy (non-hydrogen) atoms. The average molecular weight is 228 g/mol. The van der Waals surface area contributed by atoms with Crippen LogP contribution in [0.1, 0.15) is 5.56 Å². The highest BCUT2D eigenvalue weighted by molar-refractivity contribution is 7.92. The largest absolute Gasteiger partial charge is 0.280 e. The van der Waals surface area contributed by atoms with Gasteiger partial charge in [-0.1, -0.05) is 6.07 Å². The standard InChI is InChI=1S/C9H9FN2O2S/c1-7-2-3-8(10)9(6-7)12-15(13,14)5-4-11/h2-3,6,12H,5H2,1H3. The van der Waals surface area contributed by atoms with E-state index in [2.05, 4.69) is 0 Å². The summed E-state index contributed by atoms with van der Waals surface area (Å²) in [7, 11) is -3.78. The lowest BCUT2D eigenvalue weighted by molar-refractivity contribution is 0.601. The van der Waals surface area contributed by atoms with Crippen molar-refractivity contribution in [2.75, 3.05) is 10.5 Å². The molecule has 1 N–H and O–H groups in total. The minimum atomic E-state index is -3.78. The molecule has 1 aromatic rings. The van der Waals surface area contributed by atoms with Crippen molar-refractivity contribution in [2.45, 2.75) is 6.92 Å². The number of nitriles is 1. The van der Waals surface area contributed by atoms with E-state index >= 15 is 0 Å². The molecule has 1 aromatic carbocycles. The third-order valence-electron chi connectivity index (χ3n) is 1.64. The van der Waals surface area contributed by atoms with Crippen LogP contribution in [0.5, 0.6) is 0 Å². The van der Waals surface area contributed by atoms with Gasteiger partial charge in [0.05, 0.1) is 11.8 Å². The second kappa shape index (κ2) is 4.28. The molecule has 80 valence electrons. The molecule has 0 amide bonds. The number of benzene rings is 1. The summed E-state index contributed by atoms with van der Waals surface area (Å²) in [4.78, 5) is 0. The Bertz CT molecular complexity index is 505. The van der Waals surface area contributed by atoms with Gasteiger partial charge in [0.25, 0.3) is 0 Å². The first-order valence-corrected chi connectivity index (χ1v) is 5.73. The highest BCUT2D eigenvalue weighted by atomic mass is 32.2. The summed E-state index contributed by atoms with van der Waals surface area (Å²) in [6.45, 7) is 1.71. The summed E-state index contributed by atoms with van der Waals surface area (Å²) in [5, 5.41) is 8.24. The van der Waals surface area contributed by atoms with E-state index in [0.717, 1.165) is 5.56 Å². The Labute approximate surface area is 87.4 Å². The molecule has 0 unspecified atom stereocenters. The number of aryl methyl sites for hydroxylation is 1. The smallest absolute Gasteiger partial charge is 0.246 e. The van der Waals surface area contributed by atoms with Gasteiger partial charge in [-0.2, -0.15) is 5.26 Å². The van der Waals surface area contributed by atoms with Crippen LogP contribution in [-0.2, 0) is 10.0 Å². The second-order valence-corrected chi connectivity index (χ2v) is 4.72. The van der Waals surface area contributed by atoms with Gasteiger partial charge in [-0.3, -0.25) is 4.72 Å². The summed E-state index contributed by atoms with van der Waals surface area (Å²) in [6, 6.07) is 5.55. The topological polar surface area (TPSA) is 70.0 Å². The van der Waals surface area contributed by atoms with E-state index in [0.29, 0.717) is 0 Å². The highest BCUT2D eigenvalue weighted by Gasteiger charge is 2.12. The minimum absolute atomic E-state index is 0.134. The molecule has 0 saturated heterocycles. The maximum absolute atomic E-state index is 13.1. The zero-order valence-electron chi connectivity index (χ0n) is 7.99. The van der Waals surface area contributed by atoms with Gasteiger partial charge in [0.1, 0.15) is 5.82 Å². The predicted molar refractivity (Wildman–Crippen MR) is 54.2 cm³/mol. The van der Waals surface area contributed by atoms with Crippen LogP contribution in [0.2, 0.25) is 0 Å². The lowest BCUT2D eigenvalue weighted by atomic mass is 10.2. The maximum atomic E-state index is 13.1. The van der Waals surface area contributed by atoms with Crippen molar-refractivity contribution in [1.82, 2.24) is 0 Å². The number of nitrogens with zero attached hydrogens (tertiary/aromatic N) is 1. The summed E-state index contributed by atoms with van der Waals surface area (Å²) in [6.07, 6.45) is 0. The molecule has 0 atom stereocenters. The second-order valence-electron chi connectivity index (χ2n) is 3.00. The SMILES string of the molecule is Cc1ccc(F)c(NS(=O)(=O)CC#N)c1. The Kier molecular flexibility index (Phi) is 3.27. The Morgan fingerprint density at radius 2 is 2.20 bits per heavy atom. The van der Waals surface area contributed by atoms with Gasteiger partial charge < -0.3 is 0 Å². The number of rotatable bonds is 3. The molecule has 0 aliphatic rings. The van der Waals surface area contributed by atoms with Crippen LogP contribution in [0, 0.1) is 24.1 Å². The first kappa shape index (κ1) is 11.5. The summed E-state index contributed by atoms with van der Waals surface area (Å²) in [5.41, 5.74) is 0.594. The predicted octanol–water partition coefficient (Wildman–Crippen LogP) is 1.40. The summed E-state index contributed by atoms with van der Waals surface area (Å²) in [5.74, 6) is -1.36. The highest BCUT2D eigenvalue weighted by Crippen LogP contribution is 2.16. The van der Waals surface area contributed by atoms with E-state index in [1.807, 2.05) is 4.72 Å². The third-order valence-corrected chi connectivity index (χ3v) is 2.68. The van der Waals surface area contributed by atoms with E-state index in [-0.39, 0.29) is 5.69 Å². The Morgan fingerprint density at radius 3 is 2.80 bits per heavy atom. The molecule has 6 heteroatoms. The fourth-order valence-electron chi connectivity index (χ4n) is 1.01. The fourth-order valence-corrected chi connectivity index (χ4v) is 1.74. The molecule has 0 aromatic heterocycles. The molecule has 0 aliphatic carbocycles. The molecule has 1 rings (SSSR count). The lowest BCUT2D eigenvalue weighted by Crippen LogP contribution is -2.16. The molecule has 0 spiro atoms. The van der Waals surface area contributed by atoms with Crippen LogP contribution in [0.4, 0.5) is 10.1 Å². The third kappa shape index (κ3) is 3.22. The zero-order valence-corrected chi connectivity index (χ0v) is 8.81. The number of hydrogen-bond acceptors (Lipinski definition) is 3. The van der Waals surface area contributed by atoms with Crippen molar-refractivity contribution in [3.05, 3.63) is 29.6 Å². The number of nitrogens with one attached hydrogen (secondary N) is 1. The van der Waals surface area contributed by atoms with Gasteiger partial charge in [0.15, 0.2) is 5.75 Å². The quantitative estimate of drug-likeness (QED) is 0.850. The van der Waals surface area contributed by atoms with Crippen molar-refractivity contribution in [1.29, 1.82) is 5.26 Å². The molecule has 0 saturated carbocycles. The van der Waals surface area contributed by atoms with Crippen LogP contribution in [0.25, 0.3) is 0 Å². The number of hydrogen-bond donors (Lipinski definition) is 1. The van der Waals surface area contributed by atoms with Gasteiger partial charge >= 0.3 is 0 Å². The molecular weight excluding hydrogens is 219 g/mol. The molecular formula is C9H9FN2O2S. The van der Waals surface area contributed by atoms with Gasteiger partial charge in [-0.05, 0) is 24.6 Å². The summed E-state index contributed by atoms with van der Waals surface area (Å²) < 4.78 is 37.5. The van der Waals surface area contributed by atoms with E-state index in [1.54, 1.807) is 6.92 Å². The van der Waals surface area contributed by atoms with Crippen molar-refractivity contribution in [3.8, 4) is 6.07 Å². The monoisotopic (exact) mass is 228 g/mol. The molecule has 0 fully saturated rings. The molecule has 0 aliphatic heterocycles. The number of halogens is 1. The normalized spacial score (nSPS) is 10.7. The van der Waals surface area contributed by atoms with E-state index < -0.39 is 21.6 Å². The Hall–Kier alpha value is -1.61. The molecule has 0 heterocycles. The van der Waals surface area contributed by atoms with Crippen LogP contribution in [0.3, 0.4) is 0 Å². The minimum Gasteiger partial charge on any atom is -0.280 e. The van der Waals surface area contributed by atoms with E-state index in [4.69, 9.17) is 5.26 Å². The van der Waals surface area contributed by atoms with Gasteiger partial charge in [0.2, 0.25) is 10.0 Å². The first-order chi connectivity index (χ1) is 6.94. The number of anilines is 1. The van der Waals surface area contributed by atoms with Crippen LogP contribution >= 0.6 is 0 Å². The lowest BCUT2D eigenvalue weighted by Gasteiger charge is -2.06. The molecule has 0 bridgehead atoms. The molecule has 4 nitrogen and oxygen atoms in total. The van der Waals surface area contributed by atoms with Crippen LogP contribution in [0.15, 0.2) is 18.2 Å². The van der Waals surface area contributed by atoms with Crippen molar-refractivity contribution < 1.29 is 12.8 Å². The molecule has 0 radical (unpaired) electrons. The Morgan fingerprint density at radius 1 is 1.53 bits per heavy atom. The Balaban J connectivity index is 3.00. The van der Waals surface area contributed by atoms with Gasteiger partial charge in [0, 0.05) is 0 Å². The number of sulfonamides is 1. The van der Waals surface area contributed by atoms with Crippen LogP contribution < -0.4 is 4.72 Å². The first-order valence-electron chi connectivity index (χ1n) is 4.08. The van der Waals surface area contributed by atoms with Crippen molar-refractivity contribution in [3.63, 3.8) is 0 Å². The van der Waals surface area contributed by atoms with E-state index in [9.17, 15) is 12.8 Å². The zero-order chi connectivity index (χ0) is 11.5. The van der Waals surface area contributed by atoms with Gasteiger partial charge in [-0.15, -0.1) is 0 Å². The van der Waals surface area contributed by atoms with E-state index in [1.165, 1.54) is 24.3 Å². The van der Waals surface area contributed by atoms with Crippen LogP contribution in [-0.4, -0.2) is 14.2 Å².